The lowest BCUT2D eigenvalue weighted by Gasteiger charge is -2.42. The van der Waals surface area contributed by atoms with Gasteiger partial charge in [-0.15, -0.1) is 11.3 Å². The summed E-state index contributed by atoms with van der Waals surface area (Å²) in [6, 6.07) is 14.5. The number of thiazole rings is 1. The van der Waals surface area contributed by atoms with E-state index in [1.807, 2.05) is 75.7 Å². The van der Waals surface area contributed by atoms with Gasteiger partial charge in [0.25, 0.3) is 5.91 Å². The van der Waals surface area contributed by atoms with Crippen LogP contribution in [0.25, 0.3) is 10.4 Å². The molecule has 3 heterocycles. The third kappa shape index (κ3) is 5.04. The number of hydrogen-bond donors (Lipinski definition) is 2. The Morgan fingerprint density at radius 2 is 1.88 bits per heavy atom. The van der Waals surface area contributed by atoms with E-state index in [4.69, 9.17) is 0 Å². The third-order valence-electron chi connectivity index (χ3n) is 8.01. The molecule has 0 aliphatic carbocycles. The molecule has 40 heavy (non-hydrogen) atoms. The number of aryl methyl sites for hydroxylation is 1. The maximum absolute atomic E-state index is 14.2. The summed E-state index contributed by atoms with van der Waals surface area (Å²) in [5, 5.41) is 13.6. The fourth-order valence-corrected chi connectivity index (χ4v) is 6.74. The molecule has 3 aromatic rings. The van der Waals surface area contributed by atoms with E-state index in [0.717, 1.165) is 27.3 Å². The Labute approximate surface area is 239 Å². The summed E-state index contributed by atoms with van der Waals surface area (Å²) in [5.41, 5.74) is 4.43. The zero-order valence-corrected chi connectivity index (χ0v) is 24.4. The van der Waals surface area contributed by atoms with Crippen molar-refractivity contribution in [3.63, 3.8) is 0 Å². The molecule has 1 saturated heterocycles. The van der Waals surface area contributed by atoms with Crippen LogP contribution >= 0.6 is 11.3 Å². The highest BCUT2D eigenvalue weighted by molar-refractivity contribution is 7.13. The molecule has 9 heteroatoms. The highest BCUT2D eigenvalue weighted by Gasteiger charge is 2.54. The van der Waals surface area contributed by atoms with E-state index in [2.05, 4.69) is 10.3 Å². The van der Waals surface area contributed by atoms with Crippen molar-refractivity contribution in [2.24, 2.45) is 5.41 Å². The van der Waals surface area contributed by atoms with Crippen LogP contribution in [0.3, 0.4) is 0 Å². The molecule has 1 fully saturated rings. The van der Waals surface area contributed by atoms with E-state index in [1.165, 1.54) is 4.90 Å². The van der Waals surface area contributed by atoms with Gasteiger partial charge in [-0.25, -0.2) is 4.98 Å². The van der Waals surface area contributed by atoms with Crippen LogP contribution in [0.4, 0.5) is 0 Å². The van der Waals surface area contributed by atoms with Crippen LogP contribution in [0.2, 0.25) is 0 Å². The Kier molecular flexibility index (Phi) is 7.31. The number of aliphatic hydroxyl groups is 1. The summed E-state index contributed by atoms with van der Waals surface area (Å²) >= 11 is 1.59. The molecule has 1 aromatic heterocycles. The van der Waals surface area contributed by atoms with Crippen molar-refractivity contribution < 1.29 is 19.5 Å². The monoisotopic (exact) mass is 560 g/mol. The lowest BCUT2D eigenvalue weighted by Crippen LogP contribution is -2.62. The second-order valence-electron chi connectivity index (χ2n) is 12.1. The van der Waals surface area contributed by atoms with E-state index in [0.29, 0.717) is 12.1 Å². The van der Waals surface area contributed by atoms with Gasteiger partial charge < -0.3 is 20.2 Å². The summed E-state index contributed by atoms with van der Waals surface area (Å²) in [7, 11) is 0. The lowest BCUT2D eigenvalue weighted by molar-refractivity contribution is -0.150. The topological polar surface area (TPSA) is 103 Å². The maximum Gasteiger partial charge on any atom is 0.255 e. The Balaban J connectivity index is 1.34. The van der Waals surface area contributed by atoms with Crippen molar-refractivity contribution in [3.05, 3.63) is 76.4 Å². The van der Waals surface area contributed by atoms with Crippen molar-refractivity contribution in [2.45, 2.75) is 71.8 Å². The molecule has 2 aliphatic rings. The number of likely N-dealkylation sites (tertiary alicyclic amines) is 1. The number of carbonyl (C=O) groups is 3. The van der Waals surface area contributed by atoms with Gasteiger partial charge in [0.05, 0.1) is 22.2 Å². The first-order chi connectivity index (χ1) is 18.9. The molecule has 2 N–H and O–H groups in total. The lowest BCUT2D eigenvalue weighted by atomic mass is 9.83. The van der Waals surface area contributed by atoms with Crippen molar-refractivity contribution in [1.82, 2.24) is 20.1 Å². The molecular formula is C31H36N4O4S. The predicted octanol–water partition coefficient (Wildman–Crippen LogP) is 4.16. The highest BCUT2D eigenvalue weighted by atomic mass is 32.1. The molecule has 3 amide bonds. The maximum atomic E-state index is 14.2. The molecule has 5 rings (SSSR count). The number of aromatic nitrogens is 1. The summed E-state index contributed by atoms with van der Waals surface area (Å²) in [5.74, 6) is -0.845. The van der Waals surface area contributed by atoms with E-state index in [1.54, 1.807) is 29.2 Å². The Morgan fingerprint density at radius 1 is 1.18 bits per heavy atom. The minimum absolute atomic E-state index is 0.0349. The van der Waals surface area contributed by atoms with Crippen LogP contribution in [0, 0.1) is 12.3 Å². The molecule has 3 atom stereocenters. The first kappa shape index (κ1) is 28.0. The molecule has 1 unspecified atom stereocenters. The molecule has 2 aromatic carbocycles. The number of β-amino-alcohol motifs (C(OH)–C–C–N with tert-alkyl or cyclic N) is 1. The largest absolute Gasteiger partial charge is 0.391 e. The van der Waals surface area contributed by atoms with Crippen LogP contribution in [0.5, 0.6) is 0 Å². The second kappa shape index (κ2) is 10.4. The van der Waals surface area contributed by atoms with E-state index in [9.17, 15) is 19.5 Å². The predicted molar refractivity (Wildman–Crippen MR) is 154 cm³/mol. The normalized spacial score (nSPS) is 21.4. The first-order valence-corrected chi connectivity index (χ1v) is 14.4. The number of carbonyl (C=O) groups excluding carboxylic acids is 3. The molecule has 0 saturated carbocycles. The summed E-state index contributed by atoms with van der Waals surface area (Å²) in [4.78, 5) is 49.7. The number of amides is 3. The van der Waals surface area contributed by atoms with Crippen LogP contribution in [-0.2, 0) is 22.7 Å². The highest BCUT2D eigenvalue weighted by Crippen LogP contribution is 2.37. The van der Waals surface area contributed by atoms with E-state index in [-0.39, 0.29) is 37.2 Å². The molecule has 2 aliphatic heterocycles. The number of benzene rings is 2. The van der Waals surface area contributed by atoms with Crippen molar-refractivity contribution in [3.8, 4) is 10.4 Å². The van der Waals surface area contributed by atoms with Gasteiger partial charge in [0, 0.05) is 31.6 Å². The number of rotatable bonds is 6. The van der Waals surface area contributed by atoms with Crippen LogP contribution in [0.1, 0.15) is 61.3 Å². The third-order valence-corrected chi connectivity index (χ3v) is 8.98. The number of hydrogen-bond acceptors (Lipinski definition) is 6. The quantitative estimate of drug-likeness (QED) is 0.472. The van der Waals surface area contributed by atoms with Gasteiger partial charge in [0.15, 0.2) is 0 Å². The minimum Gasteiger partial charge on any atom is -0.391 e. The fourth-order valence-electron chi connectivity index (χ4n) is 5.92. The van der Waals surface area contributed by atoms with Crippen LogP contribution in [-0.4, -0.2) is 61.8 Å². The van der Waals surface area contributed by atoms with Gasteiger partial charge in [-0.2, -0.15) is 0 Å². The van der Waals surface area contributed by atoms with E-state index >= 15 is 0 Å². The second-order valence-corrected chi connectivity index (χ2v) is 12.9. The molecule has 0 radical (unpaired) electrons. The average Bonchev–Trinajstić information content (AvgIpc) is 3.57. The van der Waals surface area contributed by atoms with Gasteiger partial charge in [-0.3, -0.25) is 14.4 Å². The summed E-state index contributed by atoms with van der Waals surface area (Å²) in [6.45, 7) is 10.1. The zero-order valence-electron chi connectivity index (χ0n) is 23.6. The minimum atomic E-state index is -1.25. The molecule has 0 bridgehead atoms. The first-order valence-electron chi connectivity index (χ1n) is 13.6. The Hall–Kier alpha value is -3.56. The molecule has 210 valence electrons. The number of aliphatic hydroxyl groups excluding tert-OH is 1. The van der Waals surface area contributed by atoms with Crippen LogP contribution < -0.4 is 5.32 Å². The van der Waals surface area contributed by atoms with Gasteiger partial charge >= 0.3 is 0 Å². The Bertz CT molecular complexity index is 1440. The van der Waals surface area contributed by atoms with Crippen molar-refractivity contribution in [2.75, 3.05) is 6.54 Å². The number of fused-ring (bicyclic) bond motifs is 1. The van der Waals surface area contributed by atoms with Crippen LogP contribution in [0.15, 0.2) is 54.0 Å². The van der Waals surface area contributed by atoms with Gasteiger partial charge in [0.2, 0.25) is 11.8 Å². The van der Waals surface area contributed by atoms with E-state index < -0.39 is 23.1 Å². The molecule has 8 nitrogen and oxygen atoms in total. The standard InChI is InChI=1S/C31H36N4O4S/c1-19-25(40-18-33-19)21-12-10-20(11-13-21)15-32-29(39)31(5)14-23(36)17-35(31)28(38)26(30(2,3)4)34-16-22-8-6-7-9-24(22)27(34)37/h6-13,18,23,26,36H,14-17H2,1-5H3,(H,32,39)/t23-,26-,31?/m1/s1. The van der Waals surface area contributed by atoms with Gasteiger partial charge in [-0.1, -0.05) is 63.2 Å². The van der Waals surface area contributed by atoms with Crippen molar-refractivity contribution in [1.29, 1.82) is 0 Å². The fraction of sp³-hybridized carbons (Fsp3) is 0.419. The molecule has 0 spiro atoms. The average molecular weight is 561 g/mol. The zero-order chi connectivity index (χ0) is 28.8. The molecular weight excluding hydrogens is 524 g/mol. The van der Waals surface area contributed by atoms with Crippen molar-refractivity contribution >= 4 is 29.1 Å². The SMILES string of the molecule is Cc1ncsc1-c1ccc(CNC(=O)C2(C)C[C@@H](O)CN2C(=O)[C@@H](N2Cc3ccccc3C2=O)C(C)(C)C)cc1. The smallest absolute Gasteiger partial charge is 0.255 e. The number of nitrogens with one attached hydrogen (secondary N) is 1. The summed E-state index contributed by atoms with van der Waals surface area (Å²) in [6.07, 6.45) is -0.715. The summed E-state index contributed by atoms with van der Waals surface area (Å²) < 4.78 is 0. The Morgan fingerprint density at radius 3 is 2.50 bits per heavy atom. The number of nitrogens with zero attached hydrogens (tertiary/aromatic N) is 3. The van der Waals surface area contributed by atoms with Gasteiger partial charge in [0.1, 0.15) is 11.6 Å². The van der Waals surface area contributed by atoms with Gasteiger partial charge in [-0.05, 0) is 42.0 Å².